The Bertz CT molecular complexity index is 621. The Labute approximate surface area is 201 Å². The molecule has 6 heteroatoms. The molecule has 0 saturated carbocycles. The zero-order valence-corrected chi connectivity index (χ0v) is 21.4. The molecule has 0 fully saturated rings. The Morgan fingerprint density at radius 3 is 1.82 bits per heavy atom. The Morgan fingerprint density at radius 2 is 1.39 bits per heavy atom. The number of amides is 1. The van der Waals surface area contributed by atoms with E-state index in [0.29, 0.717) is 5.75 Å². The summed E-state index contributed by atoms with van der Waals surface area (Å²) in [5, 5.41) is 12.1. The SMILES string of the molecule is CCCCCCCCCCCCCCC.COc1cc(CNC(=O)COC=O)c(C)cc1O. The normalized spacial score (nSPS) is 10.2. The van der Waals surface area contributed by atoms with Crippen molar-refractivity contribution in [1.82, 2.24) is 5.32 Å². The number of nitrogens with one attached hydrogen (secondary N) is 1. The van der Waals surface area contributed by atoms with Crippen molar-refractivity contribution in [3.63, 3.8) is 0 Å². The number of phenolic OH excluding ortho intramolecular Hbond substituents is 1. The van der Waals surface area contributed by atoms with Crippen LogP contribution in [-0.2, 0) is 20.9 Å². The van der Waals surface area contributed by atoms with Crippen LogP contribution in [0.25, 0.3) is 0 Å². The lowest BCUT2D eigenvalue weighted by molar-refractivity contribution is -0.137. The molecule has 33 heavy (non-hydrogen) atoms. The molecule has 0 aliphatic heterocycles. The largest absolute Gasteiger partial charge is 0.504 e. The first-order valence-corrected chi connectivity index (χ1v) is 12.7. The van der Waals surface area contributed by atoms with E-state index in [-0.39, 0.29) is 25.4 Å². The van der Waals surface area contributed by atoms with Gasteiger partial charge in [0.05, 0.1) is 7.11 Å². The Balaban J connectivity index is 0.000000633. The number of benzene rings is 1. The van der Waals surface area contributed by atoms with Crippen LogP contribution in [0, 0.1) is 6.92 Å². The fraction of sp³-hybridized carbons (Fsp3) is 0.704. The third-order valence-electron chi connectivity index (χ3n) is 5.60. The van der Waals surface area contributed by atoms with Gasteiger partial charge in [-0.2, -0.15) is 0 Å². The topological polar surface area (TPSA) is 84.9 Å². The molecule has 6 nitrogen and oxygen atoms in total. The summed E-state index contributed by atoms with van der Waals surface area (Å²) in [5.74, 6) is -0.00287. The highest BCUT2D eigenvalue weighted by atomic mass is 16.5. The summed E-state index contributed by atoms with van der Waals surface area (Å²) < 4.78 is 9.30. The molecule has 2 N–H and O–H groups in total. The fourth-order valence-electron chi connectivity index (χ4n) is 3.51. The van der Waals surface area contributed by atoms with E-state index in [4.69, 9.17) is 4.74 Å². The van der Waals surface area contributed by atoms with E-state index >= 15 is 0 Å². The maximum absolute atomic E-state index is 11.2. The van der Waals surface area contributed by atoms with Gasteiger partial charge in [0.1, 0.15) is 0 Å². The fourth-order valence-corrected chi connectivity index (χ4v) is 3.51. The summed E-state index contributed by atoms with van der Waals surface area (Å²) in [6, 6.07) is 3.20. The summed E-state index contributed by atoms with van der Waals surface area (Å²) in [5.41, 5.74) is 1.63. The molecule has 0 unspecified atom stereocenters. The van der Waals surface area contributed by atoms with Gasteiger partial charge in [0.25, 0.3) is 12.4 Å². The standard InChI is InChI=1S/C15H32.C12H15NO5/c1-3-5-7-9-11-13-15-14-12-10-8-6-4-2;1-8-3-10(15)11(17-2)4-9(8)5-13-12(16)6-18-7-14/h3-15H2,1-2H3;3-4,7,15H,5-6H2,1-2H3,(H,13,16). The second-order valence-corrected chi connectivity index (χ2v) is 8.52. The molecule has 0 saturated heterocycles. The van der Waals surface area contributed by atoms with Crippen molar-refractivity contribution in [3.8, 4) is 11.5 Å². The van der Waals surface area contributed by atoms with Crippen LogP contribution < -0.4 is 10.1 Å². The van der Waals surface area contributed by atoms with E-state index in [1.165, 1.54) is 90.6 Å². The maximum atomic E-state index is 11.2. The lowest BCUT2D eigenvalue weighted by Gasteiger charge is -2.11. The molecule has 1 rings (SSSR count). The minimum absolute atomic E-state index is 0.0503. The van der Waals surface area contributed by atoms with E-state index in [1.807, 2.05) is 6.92 Å². The number of methoxy groups -OCH3 is 1. The smallest absolute Gasteiger partial charge is 0.293 e. The van der Waals surface area contributed by atoms with Crippen molar-refractivity contribution in [2.45, 2.75) is 111 Å². The van der Waals surface area contributed by atoms with Gasteiger partial charge in [0.2, 0.25) is 0 Å². The number of rotatable bonds is 18. The summed E-state index contributed by atoms with van der Waals surface area (Å²) in [4.78, 5) is 21.1. The van der Waals surface area contributed by atoms with Gasteiger partial charge in [-0.25, -0.2) is 0 Å². The molecule has 0 aliphatic rings. The van der Waals surface area contributed by atoms with Crippen molar-refractivity contribution in [3.05, 3.63) is 23.3 Å². The van der Waals surface area contributed by atoms with Gasteiger partial charge in [-0.15, -0.1) is 0 Å². The molecule has 1 aromatic rings. The highest BCUT2D eigenvalue weighted by Gasteiger charge is 2.08. The van der Waals surface area contributed by atoms with Crippen molar-refractivity contribution in [2.75, 3.05) is 13.7 Å². The van der Waals surface area contributed by atoms with Crippen LogP contribution in [0.3, 0.4) is 0 Å². The molecular weight excluding hydrogens is 418 g/mol. The van der Waals surface area contributed by atoms with Gasteiger partial charge in [-0.3, -0.25) is 9.59 Å². The van der Waals surface area contributed by atoms with E-state index < -0.39 is 5.91 Å². The highest BCUT2D eigenvalue weighted by molar-refractivity contribution is 5.78. The van der Waals surface area contributed by atoms with E-state index in [1.54, 1.807) is 12.1 Å². The van der Waals surface area contributed by atoms with Gasteiger partial charge < -0.3 is 19.9 Å². The quantitative estimate of drug-likeness (QED) is 0.188. The number of carbonyl (C=O) groups is 2. The van der Waals surface area contributed by atoms with Gasteiger partial charge in [-0.1, -0.05) is 97.3 Å². The number of carbonyl (C=O) groups excluding carboxylic acids is 2. The van der Waals surface area contributed by atoms with Crippen LogP contribution in [-0.4, -0.2) is 31.2 Å². The minimum Gasteiger partial charge on any atom is -0.504 e. The van der Waals surface area contributed by atoms with Gasteiger partial charge in [0.15, 0.2) is 18.1 Å². The number of aryl methyl sites for hydroxylation is 1. The summed E-state index contributed by atoms with van der Waals surface area (Å²) in [7, 11) is 1.45. The third kappa shape index (κ3) is 17.0. The minimum atomic E-state index is -0.395. The highest BCUT2D eigenvalue weighted by Crippen LogP contribution is 2.29. The summed E-state index contributed by atoms with van der Waals surface area (Å²) >= 11 is 0. The van der Waals surface area contributed by atoms with E-state index in [2.05, 4.69) is 23.9 Å². The molecule has 0 spiro atoms. The number of aromatic hydroxyl groups is 1. The van der Waals surface area contributed by atoms with Crippen LogP contribution in [0.15, 0.2) is 12.1 Å². The molecule has 1 amide bonds. The van der Waals surface area contributed by atoms with Crippen molar-refractivity contribution >= 4 is 12.4 Å². The first-order valence-electron chi connectivity index (χ1n) is 12.7. The first-order chi connectivity index (χ1) is 16.0. The lowest BCUT2D eigenvalue weighted by Crippen LogP contribution is -2.27. The molecule has 0 aliphatic carbocycles. The predicted molar refractivity (Wildman–Crippen MR) is 135 cm³/mol. The van der Waals surface area contributed by atoms with Crippen LogP contribution in [0.4, 0.5) is 0 Å². The predicted octanol–water partition coefficient (Wildman–Crippen LogP) is 6.60. The van der Waals surface area contributed by atoms with Crippen LogP contribution in [0.2, 0.25) is 0 Å². The Hall–Kier alpha value is -2.24. The number of ether oxygens (including phenoxy) is 2. The van der Waals surface area contributed by atoms with Crippen LogP contribution in [0.1, 0.15) is 108 Å². The molecule has 0 bridgehead atoms. The van der Waals surface area contributed by atoms with Gasteiger partial charge in [0, 0.05) is 6.54 Å². The van der Waals surface area contributed by atoms with E-state index in [0.717, 1.165) is 11.1 Å². The van der Waals surface area contributed by atoms with Crippen molar-refractivity contribution < 1.29 is 24.2 Å². The lowest BCUT2D eigenvalue weighted by atomic mass is 10.1. The van der Waals surface area contributed by atoms with Crippen LogP contribution in [0.5, 0.6) is 11.5 Å². The van der Waals surface area contributed by atoms with Crippen LogP contribution >= 0.6 is 0 Å². The van der Waals surface area contributed by atoms with Gasteiger partial charge >= 0.3 is 0 Å². The number of hydrogen-bond donors (Lipinski definition) is 2. The number of hydrogen-bond acceptors (Lipinski definition) is 5. The monoisotopic (exact) mass is 465 g/mol. The molecular formula is C27H47NO5. The molecule has 0 heterocycles. The van der Waals surface area contributed by atoms with Crippen molar-refractivity contribution in [1.29, 1.82) is 0 Å². The number of phenols is 1. The van der Waals surface area contributed by atoms with Gasteiger partial charge in [-0.05, 0) is 30.2 Å². The Kier molecular flexibility index (Phi) is 20.1. The first kappa shape index (κ1) is 30.8. The molecule has 1 aromatic carbocycles. The zero-order chi connectivity index (χ0) is 24.7. The van der Waals surface area contributed by atoms with Crippen molar-refractivity contribution in [2.24, 2.45) is 0 Å². The maximum Gasteiger partial charge on any atom is 0.293 e. The molecule has 0 aromatic heterocycles. The molecule has 190 valence electrons. The average Bonchev–Trinajstić information content (AvgIpc) is 2.81. The second kappa shape index (κ2) is 21.6. The molecule has 0 radical (unpaired) electrons. The molecule has 0 atom stereocenters. The number of unbranched alkanes of at least 4 members (excludes halogenated alkanes) is 12. The van der Waals surface area contributed by atoms with E-state index in [9.17, 15) is 14.7 Å². The average molecular weight is 466 g/mol. The zero-order valence-electron chi connectivity index (χ0n) is 21.4. The summed E-state index contributed by atoms with van der Waals surface area (Å²) in [6.45, 7) is 6.56. The Morgan fingerprint density at radius 1 is 0.909 bits per heavy atom. The second-order valence-electron chi connectivity index (χ2n) is 8.52. The third-order valence-corrected chi connectivity index (χ3v) is 5.60. The summed E-state index contributed by atoms with van der Waals surface area (Å²) in [6.07, 6.45) is 18.9.